The number of nitrogens with zero attached hydrogens (tertiary/aromatic N) is 6. The van der Waals surface area contributed by atoms with Crippen molar-refractivity contribution in [3.8, 4) is 0 Å². The summed E-state index contributed by atoms with van der Waals surface area (Å²) in [5, 5.41) is 0.447. The highest BCUT2D eigenvalue weighted by molar-refractivity contribution is 7.99. The van der Waals surface area contributed by atoms with Crippen molar-refractivity contribution >= 4 is 54.2 Å². The molecule has 0 radical (unpaired) electrons. The van der Waals surface area contributed by atoms with E-state index in [-0.39, 0.29) is 11.5 Å². The summed E-state index contributed by atoms with van der Waals surface area (Å²) in [5.74, 6) is 1.23. The molecule has 1 unspecified atom stereocenters. The van der Waals surface area contributed by atoms with Gasteiger partial charge < -0.3 is 16.4 Å². The molecular formula is C23H24BClN8S. The Bertz CT molecular complexity index is 1400. The minimum absolute atomic E-state index is 0.0395. The highest BCUT2D eigenvalue weighted by Crippen LogP contribution is 2.50. The molecule has 1 atom stereocenters. The molecule has 11 heteroatoms. The number of pyridine rings is 2. The zero-order valence-electron chi connectivity index (χ0n) is 18.8. The fourth-order valence-corrected chi connectivity index (χ4v) is 6.45. The lowest BCUT2D eigenvalue weighted by atomic mass is 9.73. The number of nitrogens with two attached hydrogens (primary N) is 2. The van der Waals surface area contributed by atoms with Crippen molar-refractivity contribution in [3.05, 3.63) is 59.3 Å². The summed E-state index contributed by atoms with van der Waals surface area (Å²) in [4.78, 5) is 22.3. The monoisotopic (exact) mass is 490 g/mol. The summed E-state index contributed by atoms with van der Waals surface area (Å²) in [5.41, 5.74) is 17.0. The first kappa shape index (κ1) is 21.7. The third kappa shape index (κ3) is 3.35. The van der Waals surface area contributed by atoms with E-state index in [1.54, 1.807) is 6.20 Å². The molecule has 0 bridgehead atoms. The molecule has 172 valence electrons. The van der Waals surface area contributed by atoms with Crippen LogP contribution in [0.4, 0.5) is 11.8 Å². The van der Waals surface area contributed by atoms with Gasteiger partial charge in [-0.15, -0.1) is 0 Å². The van der Waals surface area contributed by atoms with E-state index >= 15 is 0 Å². The second-order valence-electron chi connectivity index (χ2n) is 9.13. The van der Waals surface area contributed by atoms with Gasteiger partial charge in [0.1, 0.15) is 5.82 Å². The molecule has 4 aromatic heterocycles. The van der Waals surface area contributed by atoms with E-state index in [1.165, 1.54) is 17.3 Å². The summed E-state index contributed by atoms with van der Waals surface area (Å²) in [6.07, 6.45) is 10.2. The topological polar surface area (TPSA) is 111 Å². The average molecular weight is 491 g/mol. The van der Waals surface area contributed by atoms with E-state index < -0.39 is 0 Å². The van der Waals surface area contributed by atoms with E-state index in [2.05, 4.69) is 38.2 Å². The molecule has 8 nitrogen and oxygen atoms in total. The molecule has 1 aliphatic carbocycles. The lowest BCUT2D eigenvalue weighted by Crippen LogP contribution is -2.45. The Labute approximate surface area is 207 Å². The summed E-state index contributed by atoms with van der Waals surface area (Å²) < 4.78 is 2.13. The van der Waals surface area contributed by atoms with Crippen molar-refractivity contribution in [3.63, 3.8) is 0 Å². The molecule has 0 aromatic carbocycles. The highest BCUT2D eigenvalue weighted by Gasteiger charge is 2.46. The van der Waals surface area contributed by atoms with Crippen LogP contribution in [0.3, 0.4) is 0 Å². The Kier molecular flexibility index (Phi) is 5.20. The van der Waals surface area contributed by atoms with Crippen LogP contribution in [-0.4, -0.2) is 45.3 Å². The van der Waals surface area contributed by atoms with Crippen molar-refractivity contribution in [2.45, 2.75) is 35.1 Å². The first-order valence-electron chi connectivity index (χ1n) is 11.3. The van der Waals surface area contributed by atoms with Crippen LogP contribution in [0.5, 0.6) is 0 Å². The van der Waals surface area contributed by atoms with Gasteiger partial charge in [0.2, 0.25) is 5.95 Å². The van der Waals surface area contributed by atoms with Gasteiger partial charge in [0.25, 0.3) is 0 Å². The Morgan fingerprint density at radius 1 is 1.06 bits per heavy atom. The number of piperidine rings is 1. The Hall–Kier alpha value is -2.82. The average Bonchev–Trinajstić information content (AvgIpc) is 3.36. The summed E-state index contributed by atoms with van der Waals surface area (Å²) >= 11 is 7.87. The van der Waals surface area contributed by atoms with E-state index in [4.69, 9.17) is 28.1 Å². The molecule has 2 aliphatic rings. The Morgan fingerprint density at radius 2 is 1.88 bits per heavy atom. The van der Waals surface area contributed by atoms with Crippen molar-refractivity contribution in [2.24, 2.45) is 11.1 Å². The zero-order chi connectivity index (χ0) is 23.4. The zero-order valence-corrected chi connectivity index (χ0v) is 20.4. The molecular weight excluding hydrogens is 467 g/mol. The number of hydrogen-bond acceptors (Lipinski definition) is 8. The number of imidazole rings is 1. The SMILES string of the molecule is Bc1cnc2c(Sc3ccnc(N)c3Cl)cnc(N3CCC4(CC3)Cc3ncccc3C4N)n12. The fraction of sp³-hybridized carbons (Fsp3) is 0.304. The van der Waals surface area contributed by atoms with Crippen molar-refractivity contribution < 1.29 is 0 Å². The first-order chi connectivity index (χ1) is 16.5. The van der Waals surface area contributed by atoms with Crippen LogP contribution in [0.15, 0.2) is 52.8 Å². The second-order valence-corrected chi connectivity index (χ2v) is 10.6. The number of anilines is 2. The van der Waals surface area contributed by atoms with Gasteiger partial charge in [0.15, 0.2) is 13.5 Å². The molecule has 4 aromatic rings. The van der Waals surface area contributed by atoms with Crippen LogP contribution in [-0.2, 0) is 6.42 Å². The predicted octanol–water partition coefficient (Wildman–Crippen LogP) is 2.01. The molecule has 1 spiro atoms. The number of halogens is 1. The molecule has 1 saturated heterocycles. The van der Waals surface area contributed by atoms with Crippen LogP contribution in [0.1, 0.15) is 30.1 Å². The molecule has 6 rings (SSSR count). The second kappa shape index (κ2) is 8.14. The Morgan fingerprint density at radius 3 is 2.68 bits per heavy atom. The normalized spacial score (nSPS) is 19.1. The van der Waals surface area contributed by atoms with E-state index in [9.17, 15) is 0 Å². The molecule has 1 aliphatic heterocycles. The standard InChI is InChI=1S/C23H24BClN8S/c24-17-12-30-21-16(34-15-3-7-29-20(27)18(15)25)11-31-22(33(17)21)32-8-4-23(5-9-32)10-14-13(19(23)26)2-1-6-28-14/h1-3,6-7,11-12,19H,4-5,8-10,24,26H2,(H2,27,29). The maximum atomic E-state index is 6.74. The number of fused-ring (bicyclic) bond motifs is 2. The Balaban J connectivity index is 1.29. The van der Waals surface area contributed by atoms with Gasteiger partial charge in [-0.05, 0) is 42.4 Å². The van der Waals surface area contributed by atoms with Crippen molar-refractivity contribution in [1.82, 2.24) is 24.3 Å². The fourth-order valence-electron chi connectivity index (χ4n) is 5.32. The molecule has 4 N–H and O–H groups in total. The third-order valence-electron chi connectivity index (χ3n) is 7.24. The van der Waals surface area contributed by atoms with Crippen LogP contribution < -0.4 is 22.0 Å². The lowest BCUT2D eigenvalue weighted by Gasteiger charge is -2.42. The van der Waals surface area contributed by atoms with Gasteiger partial charge in [-0.3, -0.25) is 9.38 Å². The van der Waals surface area contributed by atoms with Crippen molar-refractivity contribution in [2.75, 3.05) is 23.7 Å². The quantitative estimate of drug-likeness (QED) is 0.420. The molecule has 0 amide bonds. The number of rotatable bonds is 3. The number of nitrogen functional groups attached to an aromatic ring is 1. The van der Waals surface area contributed by atoms with Crippen LogP contribution >= 0.6 is 23.4 Å². The van der Waals surface area contributed by atoms with E-state index in [1.807, 2.05) is 30.7 Å². The number of aromatic nitrogens is 5. The largest absolute Gasteiger partial charge is 0.382 e. The smallest absolute Gasteiger partial charge is 0.210 e. The van der Waals surface area contributed by atoms with Gasteiger partial charge in [-0.2, -0.15) is 0 Å². The maximum Gasteiger partial charge on any atom is 0.210 e. The van der Waals surface area contributed by atoms with Crippen LogP contribution in [0.25, 0.3) is 5.65 Å². The summed E-state index contributed by atoms with van der Waals surface area (Å²) in [6, 6.07) is 6.01. The molecule has 0 saturated carbocycles. The van der Waals surface area contributed by atoms with Gasteiger partial charge in [-0.1, -0.05) is 29.4 Å². The molecule has 34 heavy (non-hydrogen) atoms. The lowest BCUT2D eigenvalue weighted by molar-refractivity contribution is 0.186. The summed E-state index contributed by atoms with van der Waals surface area (Å²) in [7, 11) is 2.05. The maximum absolute atomic E-state index is 6.74. The van der Waals surface area contributed by atoms with Crippen LogP contribution in [0, 0.1) is 5.41 Å². The van der Waals surface area contributed by atoms with Gasteiger partial charge in [0.05, 0.1) is 9.92 Å². The molecule has 1 fully saturated rings. The van der Waals surface area contributed by atoms with E-state index in [0.717, 1.165) is 65.0 Å². The predicted molar refractivity (Wildman–Crippen MR) is 138 cm³/mol. The van der Waals surface area contributed by atoms with Crippen molar-refractivity contribution in [1.29, 1.82) is 0 Å². The van der Waals surface area contributed by atoms with Gasteiger partial charge in [0, 0.05) is 60.1 Å². The first-order valence-corrected chi connectivity index (χ1v) is 12.5. The molecule has 5 heterocycles. The third-order valence-corrected chi connectivity index (χ3v) is 8.82. The highest BCUT2D eigenvalue weighted by atomic mass is 35.5. The van der Waals surface area contributed by atoms with E-state index in [0.29, 0.717) is 10.8 Å². The van der Waals surface area contributed by atoms with Crippen LogP contribution in [0.2, 0.25) is 5.02 Å². The van der Waals surface area contributed by atoms with Gasteiger partial charge >= 0.3 is 0 Å². The minimum atomic E-state index is 0.0395. The number of hydrogen-bond donors (Lipinski definition) is 2. The minimum Gasteiger partial charge on any atom is -0.382 e. The van der Waals surface area contributed by atoms with Gasteiger partial charge in [-0.25, -0.2) is 15.0 Å². The summed E-state index contributed by atoms with van der Waals surface area (Å²) in [6.45, 7) is 1.78.